The first-order valence-corrected chi connectivity index (χ1v) is 11.4. The highest BCUT2D eigenvalue weighted by atomic mass is 32.1. The van der Waals surface area contributed by atoms with Crippen molar-refractivity contribution in [3.63, 3.8) is 0 Å². The van der Waals surface area contributed by atoms with Gasteiger partial charge in [0.1, 0.15) is 24.7 Å². The minimum atomic E-state index is -0.387. The molecule has 3 rings (SSSR count). The third kappa shape index (κ3) is 7.89. The van der Waals surface area contributed by atoms with E-state index < -0.39 is 0 Å². The number of ether oxygens (including phenoxy) is 4. The van der Waals surface area contributed by atoms with E-state index in [4.69, 9.17) is 14.2 Å². The van der Waals surface area contributed by atoms with Crippen molar-refractivity contribution in [2.75, 3.05) is 32.4 Å². The van der Waals surface area contributed by atoms with Crippen LogP contribution in [0.5, 0.6) is 11.5 Å². The van der Waals surface area contributed by atoms with Crippen molar-refractivity contribution in [1.82, 2.24) is 4.98 Å². The summed E-state index contributed by atoms with van der Waals surface area (Å²) in [5.74, 6) is 0.662. The fourth-order valence-corrected chi connectivity index (χ4v) is 3.39. The maximum Gasteiger partial charge on any atom is 0.337 e. The minimum Gasteiger partial charge on any atom is -0.490 e. The van der Waals surface area contributed by atoms with Gasteiger partial charge in [-0.05, 0) is 61.0 Å². The number of rotatable bonds is 12. The SMILES string of the molecule is CCOC(=O)Cc1csc(NN=Cc2ccc(OCCOc3ccc(C(=O)OC)cc3)cc2)n1. The molecular weight excluding hydrogens is 458 g/mol. The van der Waals surface area contributed by atoms with Gasteiger partial charge in [-0.3, -0.25) is 10.2 Å². The molecule has 1 aromatic heterocycles. The first-order chi connectivity index (χ1) is 16.6. The molecule has 3 aromatic rings. The summed E-state index contributed by atoms with van der Waals surface area (Å²) in [6.07, 6.45) is 1.81. The van der Waals surface area contributed by atoms with Crippen LogP contribution in [0, 0.1) is 0 Å². The summed E-state index contributed by atoms with van der Waals surface area (Å²) in [5, 5.41) is 6.56. The quantitative estimate of drug-likeness (QED) is 0.179. The molecule has 9 nitrogen and oxygen atoms in total. The molecule has 0 bridgehead atoms. The largest absolute Gasteiger partial charge is 0.490 e. The molecule has 0 aliphatic carbocycles. The molecule has 0 aliphatic rings. The van der Waals surface area contributed by atoms with Gasteiger partial charge in [0.25, 0.3) is 0 Å². The van der Waals surface area contributed by atoms with Crippen LogP contribution in [0.15, 0.2) is 59.0 Å². The Kier molecular flexibility index (Phi) is 9.41. The Balaban J connectivity index is 1.38. The number of carbonyl (C=O) groups is 2. The Morgan fingerprint density at radius 1 is 1.03 bits per heavy atom. The molecule has 10 heteroatoms. The van der Waals surface area contributed by atoms with Crippen molar-refractivity contribution < 1.29 is 28.5 Å². The Morgan fingerprint density at radius 2 is 1.68 bits per heavy atom. The summed E-state index contributed by atoms with van der Waals surface area (Å²) in [6.45, 7) is 2.84. The zero-order valence-corrected chi connectivity index (χ0v) is 19.7. The van der Waals surface area contributed by atoms with Crippen molar-refractivity contribution in [2.45, 2.75) is 13.3 Å². The van der Waals surface area contributed by atoms with Crippen LogP contribution in [-0.2, 0) is 20.7 Å². The molecule has 0 atom stereocenters. The number of carbonyl (C=O) groups excluding carboxylic acids is 2. The van der Waals surface area contributed by atoms with Crippen molar-refractivity contribution >= 4 is 34.6 Å². The van der Waals surface area contributed by atoms with Crippen LogP contribution in [0.4, 0.5) is 5.13 Å². The molecule has 1 N–H and O–H groups in total. The third-order valence-corrected chi connectivity index (χ3v) is 5.13. The highest BCUT2D eigenvalue weighted by Crippen LogP contribution is 2.17. The van der Waals surface area contributed by atoms with E-state index in [1.54, 1.807) is 42.8 Å². The topological polar surface area (TPSA) is 108 Å². The zero-order chi connectivity index (χ0) is 24.2. The average molecular weight is 484 g/mol. The number of nitrogens with one attached hydrogen (secondary N) is 1. The number of anilines is 1. The van der Waals surface area contributed by atoms with E-state index in [0.29, 0.717) is 47.7 Å². The standard InChI is InChI=1S/C24H25N3O6S/c1-3-31-22(28)14-19-16-34-24(26-19)27-25-15-17-4-8-20(9-5-17)32-12-13-33-21-10-6-18(7-11-21)23(29)30-2/h4-11,15-16H,3,12-14H2,1-2H3,(H,26,27). The number of thiazole rings is 1. The maximum atomic E-state index is 11.5. The molecule has 178 valence electrons. The molecule has 0 radical (unpaired) electrons. The molecule has 0 fully saturated rings. The van der Waals surface area contributed by atoms with Crippen molar-refractivity contribution in [1.29, 1.82) is 0 Å². The lowest BCUT2D eigenvalue weighted by molar-refractivity contribution is -0.142. The molecule has 34 heavy (non-hydrogen) atoms. The minimum absolute atomic E-state index is 0.143. The number of benzene rings is 2. The highest BCUT2D eigenvalue weighted by Gasteiger charge is 2.08. The molecule has 2 aromatic carbocycles. The normalized spacial score (nSPS) is 10.6. The Hall–Kier alpha value is -3.92. The van der Waals surface area contributed by atoms with Gasteiger partial charge in [0.15, 0.2) is 0 Å². The number of esters is 2. The lowest BCUT2D eigenvalue weighted by Crippen LogP contribution is -2.09. The van der Waals surface area contributed by atoms with E-state index in [1.165, 1.54) is 18.4 Å². The third-order valence-electron chi connectivity index (χ3n) is 4.33. The van der Waals surface area contributed by atoms with Crippen LogP contribution in [0.3, 0.4) is 0 Å². The number of hydrazone groups is 1. The number of methoxy groups -OCH3 is 1. The van der Waals surface area contributed by atoms with Crippen molar-refractivity contribution in [3.05, 3.63) is 70.7 Å². The second-order valence-corrected chi connectivity index (χ2v) is 7.64. The molecule has 0 saturated carbocycles. The van der Waals surface area contributed by atoms with Gasteiger partial charge in [0, 0.05) is 5.38 Å². The van der Waals surface area contributed by atoms with Crippen LogP contribution in [-0.4, -0.2) is 50.1 Å². The van der Waals surface area contributed by atoms with Gasteiger partial charge in [-0.25, -0.2) is 9.78 Å². The van der Waals surface area contributed by atoms with Gasteiger partial charge < -0.3 is 18.9 Å². The van der Waals surface area contributed by atoms with E-state index in [9.17, 15) is 9.59 Å². The Bertz CT molecular complexity index is 1100. The van der Waals surface area contributed by atoms with E-state index in [0.717, 1.165) is 5.56 Å². The summed E-state index contributed by atoms with van der Waals surface area (Å²) < 4.78 is 20.9. The predicted octanol–water partition coefficient (Wildman–Crippen LogP) is 3.94. The summed E-state index contributed by atoms with van der Waals surface area (Å²) in [7, 11) is 1.34. The van der Waals surface area contributed by atoms with Gasteiger partial charge in [-0.1, -0.05) is 0 Å². The van der Waals surface area contributed by atoms with Gasteiger partial charge >= 0.3 is 11.9 Å². The fraction of sp³-hybridized carbons (Fsp3) is 0.250. The van der Waals surface area contributed by atoms with Gasteiger partial charge in [0.2, 0.25) is 5.13 Å². The van der Waals surface area contributed by atoms with E-state index in [2.05, 4.69) is 20.2 Å². The van der Waals surface area contributed by atoms with Crippen LogP contribution in [0.25, 0.3) is 0 Å². The summed E-state index contributed by atoms with van der Waals surface area (Å²) in [5.41, 5.74) is 4.85. The smallest absolute Gasteiger partial charge is 0.337 e. The van der Waals surface area contributed by atoms with E-state index in [1.807, 2.05) is 24.3 Å². The van der Waals surface area contributed by atoms with Crippen LogP contribution < -0.4 is 14.9 Å². The average Bonchev–Trinajstić information content (AvgIpc) is 3.29. The molecule has 0 spiro atoms. The summed E-state index contributed by atoms with van der Waals surface area (Å²) in [4.78, 5) is 27.2. The lowest BCUT2D eigenvalue weighted by atomic mass is 10.2. The first kappa shape index (κ1) is 24.7. The Morgan fingerprint density at radius 3 is 2.29 bits per heavy atom. The predicted molar refractivity (Wildman–Crippen MR) is 129 cm³/mol. The molecule has 0 saturated heterocycles. The number of hydrogen-bond acceptors (Lipinski definition) is 10. The molecule has 1 heterocycles. The highest BCUT2D eigenvalue weighted by molar-refractivity contribution is 7.13. The van der Waals surface area contributed by atoms with Crippen molar-refractivity contribution in [3.8, 4) is 11.5 Å². The molecule has 0 unspecified atom stereocenters. The summed E-state index contributed by atoms with van der Waals surface area (Å²) >= 11 is 1.36. The number of aromatic nitrogens is 1. The number of hydrogen-bond donors (Lipinski definition) is 1. The van der Waals surface area contributed by atoms with Crippen LogP contribution >= 0.6 is 11.3 Å². The number of nitrogens with zero attached hydrogens (tertiary/aromatic N) is 2. The fourth-order valence-electron chi connectivity index (χ4n) is 2.74. The molecule has 0 amide bonds. The second kappa shape index (κ2) is 12.9. The van der Waals surface area contributed by atoms with Crippen LogP contribution in [0.1, 0.15) is 28.5 Å². The lowest BCUT2D eigenvalue weighted by Gasteiger charge is -2.09. The first-order valence-electron chi connectivity index (χ1n) is 10.5. The van der Waals surface area contributed by atoms with E-state index in [-0.39, 0.29) is 18.4 Å². The second-order valence-electron chi connectivity index (χ2n) is 6.78. The van der Waals surface area contributed by atoms with Crippen molar-refractivity contribution in [2.24, 2.45) is 5.10 Å². The van der Waals surface area contributed by atoms with Gasteiger partial charge in [-0.2, -0.15) is 5.10 Å². The zero-order valence-electron chi connectivity index (χ0n) is 18.9. The van der Waals surface area contributed by atoms with Crippen LogP contribution in [0.2, 0.25) is 0 Å². The Labute approximate surface area is 201 Å². The molecule has 0 aliphatic heterocycles. The monoisotopic (exact) mass is 483 g/mol. The summed E-state index contributed by atoms with van der Waals surface area (Å²) in [6, 6.07) is 14.1. The maximum absolute atomic E-state index is 11.5. The van der Waals surface area contributed by atoms with Gasteiger partial charge in [0.05, 0.1) is 37.6 Å². The van der Waals surface area contributed by atoms with E-state index >= 15 is 0 Å². The van der Waals surface area contributed by atoms with Gasteiger partial charge in [-0.15, -0.1) is 11.3 Å². The molecular formula is C24H25N3O6S.